The third-order valence-electron chi connectivity index (χ3n) is 4.96. The van der Waals surface area contributed by atoms with Crippen LogP contribution in [-0.4, -0.2) is 24.0 Å². The number of hydrogen-bond donors (Lipinski definition) is 2. The summed E-state index contributed by atoms with van der Waals surface area (Å²) in [7, 11) is 0. The molecule has 4 nitrogen and oxygen atoms in total. The topological polar surface area (TPSA) is 54.1 Å². The van der Waals surface area contributed by atoms with E-state index in [9.17, 15) is 9.18 Å². The quantitative estimate of drug-likeness (QED) is 0.425. The first kappa shape index (κ1) is 20.0. The van der Waals surface area contributed by atoms with Crippen LogP contribution >= 0.6 is 11.6 Å². The largest absolute Gasteiger partial charge is 0.484 e. The Morgan fingerprint density at radius 1 is 1.00 bits per heavy atom. The summed E-state index contributed by atoms with van der Waals surface area (Å²) in [6.45, 7) is 0.200. The van der Waals surface area contributed by atoms with Crippen molar-refractivity contribution in [2.75, 3.05) is 13.2 Å². The molecule has 0 fully saturated rings. The number of aromatic nitrogens is 1. The fraction of sp³-hybridized carbons (Fsp3) is 0.125. The van der Waals surface area contributed by atoms with Crippen LogP contribution in [0.25, 0.3) is 10.9 Å². The Morgan fingerprint density at radius 3 is 2.53 bits per heavy atom. The molecule has 1 aromatic heterocycles. The van der Waals surface area contributed by atoms with Crippen molar-refractivity contribution < 1.29 is 13.9 Å². The van der Waals surface area contributed by atoms with Gasteiger partial charge in [-0.2, -0.15) is 0 Å². The van der Waals surface area contributed by atoms with Gasteiger partial charge in [0.25, 0.3) is 5.91 Å². The summed E-state index contributed by atoms with van der Waals surface area (Å²) in [4.78, 5) is 15.7. The number of ether oxygens (including phenoxy) is 1. The summed E-state index contributed by atoms with van der Waals surface area (Å²) in [6, 6.07) is 21.2. The maximum atomic E-state index is 13.0. The molecule has 0 saturated carbocycles. The highest BCUT2D eigenvalue weighted by atomic mass is 35.5. The lowest BCUT2D eigenvalue weighted by Crippen LogP contribution is -2.32. The second kappa shape index (κ2) is 9.01. The minimum Gasteiger partial charge on any atom is -0.484 e. The molecule has 6 heteroatoms. The molecule has 0 bridgehead atoms. The molecule has 0 radical (unpaired) electrons. The number of amides is 1. The first-order valence-corrected chi connectivity index (χ1v) is 9.95. The Bertz CT molecular complexity index is 1160. The zero-order valence-electron chi connectivity index (χ0n) is 16.1. The number of carbonyl (C=O) groups is 1. The van der Waals surface area contributed by atoms with Crippen LogP contribution in [0.15, 0.2) is 79.0 Å². The number of halogens is 2. The number of benzene rings is 3. The van der Waals surface area contributed by atoms with Crippen LogP contribution in [0, 0.1) is 5.82 Å². The average molecular weight is 423 g/mol. The van der Waals surface area contributed by atoms with E-state index in [4.69, 9.17) is 16.3 Å². The van der Waals surface area contributed by atoms with Crippen LogP contribution in [-0.2, 0) is 4.79 Å². The molecular formula is C24H20ClFN2O2. The summed E-state index contributed by atoms with van der Waals surface area (Å²) in [5, 5.41) is 4.66. The molecule has 0 aliphatic heterocycles. The minimum absolute atomic E-state index is 0.135. The molecule has 4 rings (SSSR count). The second-order valence-electron chi connectivity index (χ2n) is 6.91. The lowest BCUT2D eigenvalue weighted by Gasteiger charge is -2.19. The van der Waals surface area contributed by atoms with Gasteiger partial charge in [-0.05, 0) is 47.5 Å². The highest BCUT2D eigenvalue weighted by molar-refractivity contribution is 6.31. The van der Waals surface area contributed by atoms with Gasteiger partial charge in [-0.1, -0.05) is 48.0 Å². The van der Waals surface area contributed by atoms with Crippen molar-refractivity contribution in [3.8, 4) is 5.75 Å². The first-order chi connectivity index (χ1) is 14.6. The zero-order chi connectivity index (χ0) is 20.9. The van der Waals surface area contributed by atoms with Gasteiger partial charge in [0.2, 0.25) is 0 Å². The van der Waals surface area contributed by atoms with Gasteiger partial charge < -0.3 is 15.0 Å². The number of nitrogens with one attached hydrogen (secondary N) is 2. The number of H-pyrrole nitrogens is 1. The molecule has 0 aliphatic carbocycles. The lowest BCUT2D eigenvalue weighted by atomic mass is 9.91. The number of para-hydroxylation sites is 1. The van der Waals surface area contributed by atoms with Crippen LogP contribution in [0.5, 0.6) is 5.75 Å². The first-order valence-electron chi connectivity index (χ1n) is 9.57. The zero-order valence-corrected chi connectivity index (χ0v) is 16.8. The van der Waals surface area contributed by atoms with E-state index in [-0.39, 0.29) is 24.2 Å². The van der Waals surface area contributed by atoms with Crippen LogP contribution in [0.3, 0.4) is 0 Å². The molecule has 1 amide bonds. The minimum atomic E-state index is -0.354. The normalized spacial score (nSPS) is 11.9. The fourth-order valence-corrected chi connectivity index (χ4v) is 3.74. The fourth-order valence-electron chi connectivity index (χ4n) is 3.47. The van der Waals surface area contributed by atoms with Crippen LogP contribution in [0.2, 0.25) is 5.02 Å². The SMILES string of the molecule is O=C(COc1ccc(F)cc1)NC[C@@H](c1ccccc1Cl)c1c[nH]c2ccccc12. The van der Waals surface area contributed by atoms with Gasteiger partial charge >= 0.3 is 0 Å². The van der Waals surface area contributed by atoms with E-state index in [2.05, 4.69) is 10.3 Å². The summed E-state index contributed by atoms with van der Waals surface area (Å²) in [5.41, 5.74) is 3.01. The van der Waals surface area contributed by atoms with Crippen molar-refractivity contribution in [3.05, 3.63) is 101 Å². The number of rotatable bonds is 7. The van der Waals surface area contributed by atoms with Crippen molar-refractivity contribution in [3.63, 3.8) is 0 Å². The van der Waals surface area contributed by atoms with Crippen molar-refractivity contribution in [2.24, 2.45) is 0 Å². The molecule has 30 heavy (non-hydrogen) atoms. The standard InChI is InChI=1S/C24H20ClFN2O2/c25-22-7-3-1-5-18(22)20(21-13-27-23-8-4-2-6-19(21)23)14-28-24(29)15-30-17-11-9-16(26)10-12-17/h1-13,20,27H,14-15H2,(H,28,29)/t20-/m0/s1. The number of fused-ring (bicyclic) bond motifs is 1. The number of carbonyl (C=O) groups excluding carboxylic acids is 1. The van der Waals surface area contributed by atoms with Crippen molar-refractivity contribution in [1.82, 2.24) is 10.3 Å². The van der Waals surface area contributed by atoms with Crippen molar-refractivity contribution in [2.45, 2.75) is 5.92 Å². The highest BCUT2D eigenvalue weighted by Crippen LogP contribution is 2.34. The predicted molar refractivity (Wildman–Crippen MR) is 116 cm³/mol. The number of hydrogen-bond acceptors (Lipinski definition) is 2. The van der Waals surface area contributed by atoms with Crippen LogP contribution in [0.4, 0.5) is 4.39 Å². The Labute approximate surface area is 178 Å². The van der Waals surface area contributed by atoms with Crippen molar-refractivity contribution >= 4 is 28.4 Å². The van der Waals surface area contributed by atoms with E-state index in [1.165, 1.54) is 24.3 Å². The molecule has 2 N–H and O–H groups in total. The summed E-state index contributed by atoms with van der Waals surface area (Å²) in [5.74, 6) is -0.320. The van der Waals surface area contributed by atoms with E-state index in [1.54, 1.807) is 0 Å². The van der Waals surface area contributed by atoms with Gasteiger partial charge in [-0.3, -0.25) is 4.79 Å². The molecular weight excluding hydrogens is 403 g/mol. The molecule has 4 aromatic rings. The number of aromatic amines is 1. The molecule has 152 valence electrons. The van der Waals surface area contributed by atoms with E-state index >= 15 is 0 Å². The van der Waals surface area contributed by atoms with E-state index in [0.29, 0.717) is 17.3 Å². The van der Waals surface area contributed by atoms with Gasteiger partial charge in [0.15, 0.2) is 6.61 Å². The molecule has 0 spiro atoms. The van der Waals surface area contributed by atoms with Crippen LogP contribution < -0.4 is 10.1 Å². The second-order valence-corrected chi connectivity index (χ2v) is 7.32. The molecule has 1 atom stereocenters. The predicted octanol–water partition coefficient (Wildman–Crippen LogP) is 5.29. The molecule has 0 unspecified atom stereocenters. The maximum Gasteiger partial charge on any atom is 0.257 e. The summed E-state index contributed by atoms with van der Waals surface area (Å²) in [6.07, 6.45) is 1.96. The van der Waals surface area contributed by atoms with Gasteiger partial charge in [-0.25, -0.2) is 4.39 Å². The van der Waals surface area contributed by atoms with E-state index in [1.807, 2.05) is 54.7 Å². The average Bonchev–Trinajstić information content (AvgIpc) is 3.19. The van der Waals surface area contributed by atoms with E-state index < -0.39 is 0 Å². The maximum absolute atomic E-state index is 13.0. The molecule has 0 aliphatic rings. The highest BCUT2D eigenvalue weighted by Gasteiger charge is 2.21. The Balaban J connectivity index is 1.51. The molecule has 3 aromatic carbocycles. The smallest absolute Gasteiger partial charge is 0.257 e. The van der Waals surface area contributed by atoms with Crippen molar-refractivity contribution in [1.29, 1.82) is 0 Å². The lowest BCUT2D eigenvalue weighted by molar-refractivity contribution is -0.123. The van der Waals surface area contributed by atoms with Gasteiger partial charge in [0.05, 0.1) is 0 Å². The third-order valence-corrected chi connectivity index (χ3v) is 5.31. The van der Waals surface area contributed by atoms with Gasteiger partial charge in [0.1, 0.15) is 11.6 Å². The summed E-state index contributed by atoms with van der Waals surface area (Å²) >= 11 is 6.48. The van der Waals surface area contributed by atoms with Gasteiger partial charge in [-0.15, -0.1) is 0 Å². The molecule has 0 saturated heterocycles. The van der Waals surface area contributed by atoms with E-state index in [0.717, 1.165) is 22.0 Å². The molecule has 1 heterocycles. The Kier molecular flexibility index (Phi) is 6.00. The monoisotopic (exact) mass is 422 g/mol. The van der Waals surface area contributed by atoms with Gasteiger partial charge in [0, 0.05) is 34.6 Å². The Hall–Kier alpha value is -3.31. The third kappa shape index (κ3) is 4.47. The van der Waals surface area contributed by atoms with Crippen LogP contribution in [0.1, 0.15) is 17.0 Å². The Morgan fingerprint density at radius 2 is 1.73 bits per heavy atom. The summed E-state index contributed by atoms with van der Waals surface area (Å²) < 4.78 is 18.4.